The Morgan fingerprint density at radius 1 is 1.00 bits per heavy atom. The Labute approximate surface area is 178 Å². The summed E-state index contributed by atoms with van der Waals surface area (Å²) in [6.45, 7) is 0.816. The van der Waals surface area contributed by atoms with Crippen molar-refractivity contribution >= 4 is 11.7 Å². The molecule has 2 aliphatic heterocycles. The number of likely N-dealkylation sites (tertiary alicyclic amines) is 1. The molecule has 31 heavy (non-hydrogen) atoms. The van der Waals surface area contributed by atoms with Crippen LogP contribution >= 0.6 is 0 Å². The van der Waals surface area contributed by atoms with Crippen molar-refractivity contribution in [3.8, 4) is 17.6 Å². The first-order chi connectivity index (χ1) is 15.0. The summed E-state index contributed by atoms with van der Waals surface area (Å²) in [5.41, 5.74) is 0.768. The van der Waals surface area contributed by atoms with Gasteiger partial charge in [-0.1, -0.05) is 17.9 Å². The highest BCUT2D eigenvalue weighted by Crippen LogP contribution is 2.41. The van der Waals surface area contributed by atoms with Crippen molar-refractivity contribution in [3.63, 3.8) is 0 Å². The van der Waals surface area contributed by atoms with Gasteiger partial charge in [0.1, 0.15) is 11.6 Å². The number of halogens is 1. The molecular weight excluding hydrogens is 397 g/mol. The number of benzene rings is 2. The first-order valence-electron chi connectivity index (χ1n) is 10.0. The number of rotatable bonds is 1. The molecule has 1 amide bonds. The van der Waals surface area contributed by atoms with Gasteiger partial charge in [0.05, 0.1) is 11.8 Å². The van der Waals surface area contributed by atoms with E-state index in [9.17, 15) is 14.0 Å². The molecule has 0 aliphatic carbocycles. The number of amides is 1. The minimum absolute atomic E-state index is 0.0815. The first-order valence-corrected chi connectivity index (χ1v) is 10.0. The van der Waals surface area contributed by atoms with Crippen LogP contribution in [0.1, 0.15) is 44.9 Å². The number of fused-ring (bicyclic) bond motifs is 1. The number of nitrogens with zero attached hydrogens (tertiary/aromatic N) is 1. The average molecular weight is 415 g/mol. The van der Waals surface area contributed by atoms with E-state index in [1.165, 1.54) is 18.4 Å². The summed E-state index contributed by atoms with van der Waals surface area (Å²) < 4.78 is 24.6. The van der Waals surface area contributed by atoms with Gasteiger partial charge < -0.3 is 14.1 Å². The van der Waals surface area contributed by atoms with E-state index in [2.05, 4.69) is 11.8 Å². The minimum atomic E-state index is -0.948. The van der Waals surface area contributed by atoms with Gasteiger partial charge in [0.2, 0.25) is 5.78 Å². The number of hydrogen-bond donors (Lipinski definition) is 0. The summed E-state index contributed by atoms with van der Waals surface area (Å²) in [5, 5.41) is 0. The van der Waals surface area contributed by atoms with Gasteiger partial charge in [-0.25, -0.2) is 4.39 Å². The van der Waals surface area contributed by atoms with E-state index in [-0.39, 0.29) is 17.5 Å². The van der Waals surface area contributed by atoms with E-state index >= 15 is 0 Å². The molecule has 2 aliphatic rings. The van der Waals surface area contributed by atoms with Crippen LogP contribution in [-0.4, -0.2) is 35.3 Å². The van der Waals surface area contributed by atoms with E-state index < -0.39 is 5.60 Å². The lowest BCUT2D eigenvalue weighted by Crippen LogP contribution is -2.51. The molecule has 1 spiro atoms. The van der Waals surface area contributed by atoms with Crippen LogP contribution in [0.2, 0.25) is 0 Å². The maximum atomic E-state index is 13.3. The van der Waals surface area contributed by atoms with Crippen LogP contribution in [0.3, 0.4) is 0 Å². The molecule has 1 fully saturated rings. The number of hydrogen-bond acceptors (Lipinski definition) is 4. The zero-order valence-corrected chi connectivity index (χ0v) is 16.6. The number of furan rings is 1. The second-order valence-electron chi connectivity index (χ2n) is 7.67. The quantitative estimate of drug-likeness (QED) is 0.563. The fraction of sp³-hybridized carbons (Fsp3) is 0.200. The van der Waals surface area contributed by atoms with Gasteiger partial charge in [0.15, 0.2) is 11.4 Å². The highest BCUT2D eigenvalue weighted by atomic mass is 19.1. The molecule has 0 bridgehead atoms. The number of carbonyl (C=O) groups is 2. The van der Waals surface area contributed by atoms with E-state index in [0.717, 1.165) is 0 Å². The lowest BCUT2D eigenvalue weighted by molar-refractivity contribution is 0.0185. The summed E-state index contributed by atoms with van der Waals surface area (Å²) in [4.78, 5) is 27.4. The molecule has 0 saturated carbocycles. The first kappa shape index (κ1) is 19.1. The Morgan fingerprint density at radius 3 is 2.48 bits per heavy atom. The monoisotopic (exact) mass is 415 g/mol. The molecule has 5 nitrogen and oxygen atoms in total. The second kappa shape index (κ2) is 7.44. The molecule has 0 atom stereocenters. The molecule has 3 heterocycles. The van der Waals surface area contributed by atoms with Crippen molar-refractivity contribution < 1.29 is 23.1 Å². The van der Waals surface area contributed by atoms with Crippen molar-refractivity contribution in [1.29, 1.82) is 0 Å². The standard InChI is InChI=1S/C25H18FNO4/c26-19-4-1-3-17(15-19)6-7-18-8-9-21-20(16-18)23(28)25(31-21)10-12-27(13-11-25)24(29)22-5-2-14-30-22/h1-5,8-9,14-16H,10-13H2. The Balaban J connectivity index is 1.32. The summed E-state index contributed by atoms with van der Waals surface area (Å²) in [5.74, 6) is 6.11. The zero-order chi connectivity index (χ0) is 21.4. The van der Waals surface area contributed by atoms with Crippen molar-refractivity contribution in [3.05, 3.63) is 89.1 Å². The maximum Gasteiger partial charge on any atom is 0.289 e. The van der Waals surface area contributed by atoms with Gasteiger partial charge >= 0.3 is 0 Å². The van der Waals surface area contributed by atoms with Crippen LogP contribution in [0.5, 0.6) is 5.75 Å². The molecule has 0 unspecified atom stereocenters. The van der Waals surface area contributed by atoms with Gasteiger partial charge in [-0.05, 0) is 48.5 Å². The Hall–Kier alpha value is -3.85. The number of carbonyl (C=O) groups excluding carboxylic acids is 2. The van der Waals surface area contributed by atoms with Gasteiger partial charge in [-0.2, -0.15) is 0 Å². The van der Waals surface area contributed by atoms with E-state index in [1.807, 2.05) is 0 Å². The topological polar surface area (TPSA) is 59.8 Å². The molecule has 1 aromatic heterocycles. The van der Waals surface area contributed by atoms with E-state index in [1.54, 1.807) is 47.4 Å². The van der Waals surface area contributed by atoms with Crippen LogP contribution in [0.25, 0.3) is 0 Å². The third kappa shape index (κ3) is 3.49. The summed E-state index contributed by atoms with van der Waals surface area (Å²) >= 11 is 0. The van der Waals surface area contributed by atoms with Crippen LogP contribution in [-0.2, 0) is 0 Å². The predicted molar refractivity (Wildman–Crippen MR) is 110 cm³/mol. The van der Waals surface area contributed by atoms with Gasteiger partial charge in [0, 0.05) is 37.1 Å². The molecule has 3 aromatic rings. The maximum absolute atomic E-state index is 13.3. The number of Topliss-reactive ketones (excluding diaryl/α,β-unsaturated/α-hetero) is 1. The summed E-state index contributed by atoms with van der Waals surface area (Å²) in [6, 6.07) is 14.6. The van der Waals surface area contributed by atoms with Crippen LogP contribution in [0.15, 0.2) is 65.3 Å². The van der Waals surface area contributed by atoms with Crippen LogP contribution in [0, 0.1) is 17.7 Å². The summed E-state index contributed by atoms with van der Waals surface area (Å²) in [7, 11) is 0. The van der Waals surface area contributed by atoms with Gasteiger partial charge in [-0.15, -0.1) is 0 Å². The highest BCUT2D eigenvalue weighted by Gasteiger charge is 2.50. The Morgan fingerprint density at radius 2 is 1.77 bits per heavy atom. The number of ketones is 1. The smallest absolute Gasteiger partial charge is 0.289 e. The predicted octanol–water partition coefficient (Wildman–Crippen LogP) is 4.07. The van der Waals surface area contributed by atoms with Crippen molar-refractivity contribution in [2.45, 2.75) is 18.4 Å². The van der Waals surface area contributed by atoms with Crippen LogP contribution < -0.4 is 4.74 Å². The molecule has 1 saturated heterocycles. The van der Waals surface area contributed by atoms with E-state index in [0.29, 0.717) is 54.1 Å². The molecule has 0 radical (unpaired) electrons. The zero-order valence-electron chi connectivity index (χ0n) is 16.6. The van der Waals surface area contributed by atoms with Crippen LogP contribution in [0.4, 0.5) is 4.39 Å². The highest BCUT2D eigenvalue weighted by molar-refractivity contribution is 6.08. The Kier molecular flexibility index (Phi) is 4.59. The van der Waals surface area contributed by atoms with Crippen molar-refractivity contribution in [2.75, 3.05) is 13.1 Å². The lowest BCUT2D eigenvalue weighted by Gasteiger charge is -2.37. The molecule has 2 aromatic carbocycles. The molecule has 5 rings (SSSR count). The normalized spacial score (nSPS) is 16.4. The lowest BCUT2D eigenvalue weighted by atomic mass is 9.85. The fourth-order valence-electron chi connectivity index (χ4n) is 4.04. The average Bonchev–Trinajstić information content (AvgIpc) is 3.41. The van der Waals surface area contributed by atoms with Gasteiger partial charge in [0.25, 0.3) is 5.91 Å². The SMILES string of the molecule is O=C(c1ccco1)N1CCC2(CC1)Oc1ccc(C#Cc3cccc(F)c3)cc1C2=O. The number of piperidine rings is 1. The van der Waals surface area contributed by atoms with Crippen molar-refractivity contribution in [2.24, 2.45) is 0 Å². The molecule has 6 heteroatoms. The third-order valence-corrected chi connectivity index (χ3v) is 5.71. The Bertz CT molecular complexity index is 1230. The fourth-order valence-corrected chi connectivity index (χ4v) is 4.04. The molecule has 0 N–H and O–H groups in total. The summed E-state index contributed by atoms with van der Waals surface area (Å²) in [6.07, 6.45) is 2.29. The van der Waals surface area contributed by atoms with Crippen molar-refractivity contribution in [1.82, 2.24) is 4.90 Å². The minimum Gasteiger partial charge on any atom is -0.478 e. The second-order valence-corrected chi connectivity index (χ2v) is 7.67. The number of ether oxygens (including phenoxy) is 1. The molecule has 154 valence electrons. The van der Waals surface area contributed by atoms with Gasteiger partial charge in [-0.3, -0.25) is 9.59 Å². The third-order valence-electron chi connectivity index (χ3n) is 5.71. The molecular formula is C25H18FNO4. The largest absolute Gasteiger partial charge is 0.478 e. The van der Waals surface area contributed by atoms with E-state index in [4.69, 9.17) is 9.15 Å².